The zero-order valence-corrected chi connectivity index (χ0v) is 16.1. The molecule has 4 rings (SSSR count). The molecule has 144 valence electrons. The fourth-order valence-corrected chi connectivity index (χ4v) is 4.39. The number of amides is 1. The van der Waals surface area contributed by atoms with Gasteiger partial charge in [-0.2, -0.15) is 11.3 Å². The molecule has 1 saturated heterocycles. The third-order valence-corrected chi connectivity index (χ3v) is 5.77. The highest BCUT2D eigenvalue weighted by atomic mass is 32.1. The van der Waals surface area contributed by atoms with E-state index in [1.165, 1.54) is 17.7 Å². The van der Waals surface area contributed by atoms with E-state index in [1.54, 1.807) is 23.5 Å². The van der Waals surface area contributed by atoms with Gasteiger partial charge in [0.25, 0.3) is 0 Å². The van der Waals surface area contributed by atoms with Gasteiger partial charge in [0, 0.05) is 12.2 Å². The zero-order valence-electron chi connectivity index (χ0n) is 15.3. The first-order valence-corrected chi connectivity index (χ1v) is 10.1. The molecule has 2 aromatic carbocycles. The van der Waals surface area contributed by atoms with Crippen LogP contribution in [0.15, 0.2) is 65.4 Å². The first kappa shape index (κ1) is 18.5. The number of benzene rings is 2. The number of hydrogen-bond acceptors (Lipinski definition) is 4. The minimum atomic E-state index is -0.300. The molecule has 1 amide bonds. The lowest BCUT2D eigenvalue weighted by Gasteiger charge is -2.24. The van der Waals surface area contributed by atoms with Crippen LogP contribution >= 0.6 is 11.3 Å². The van der Waals surface area contributed by atoms with E-state index < -0.39 is 0 Å². The number of anilines is 1. The van der Waals surface area contributed by atoms with Crippen molar-refractivity contribution < 1.29 is 13.9 Å². The molecule has 1 fully saturated rings. The minimum Gasteiger partial charge on any atom is -0.457 e. The van der Waals surface area contributed by atoms with E-state index in [0.29, 0.717) is 17.4 Å². The fourth-order valence-electron chi connectivity index (χ4n) is 3.71. The standard InChI is InChI=1S/C22H21FN2O2S/c23-17-1-5-19(6-2-17)27-20-7-3-18(4-8-20)25-13-16(12-21(25)22(24)26)11-15-9-10-28-14-15/h1-10,14,16,21H,11-13H2,(H2,24,26). The molecule has 2 atom stereocenters. The van der Waals surface area contributed by atoms with Gasteiger partial charge in [0.15, 0.2) is 0 Å². The minimum absolute atomic E-state index is 0.292. The Morgan fingerprint density at radius 3 is 2.39 bits per heavy atom. The number of ether oxygens (including phenoxy) is 1. The topological polar surface area (TPSA) is 55.6 Å². The van der Waals surface area contributed by atoms with E-state index in [9.17, 15) is 9.18 Å². The van der Waals surface area contributed by atoms with Crippen molar-refractivity contribution in [3.8, 4) is 11.5 Å². The molecule has 0 saturated carbocycles. The molecule has 4 nitrogen and oxygen atoms in total. The van der Waals surface area contributed by atoms with Crippen molar-refractivity contribution in [1.29, 1.82) is 0 Å². The first-order valence-electron chi connectivity index (χ1n) is 9.19. The summed E-state index contributed by atoms with van der Waals surface area (Å²) >= 11 is 1.69. The smallest absolute Gasteiger partial charge is 0.240 e. The SMILES string of the molecule is NC(=O)C1CC(Cc2ccsc2)CN1c1ccc(Oc2ccc(F)cc2)cc1. The summed E-state index contributed by atoms with van der Waals surface area (Å²) in [6.45, 7) is 0.793. The predicted octanol–water partition coefficient (Wildman–Crippen LogP) is 4.60. The van der Waals surface area contributed by atoms with E-state index in [1.807, 2.05) is 24.3 Å². The maximum Gasteiger partial charge on any atom is 0.240 e. The molecule has 0 bridgehead atoms. The van der Waals surface area contributed by atoms with E-state index in [2.05, 4.69) is 21.7 Å². The van der Waals surface area contributed by atoms with Crippen LogP contribution in [0.5, 0.6) is 11.5 Å². The molecule has 2 heterocycles. The molecule has 1 aliphatic heterocycles. The van der Waals surface area contributed by atoms with Crippen LogP contribution in [0.25, 0.3) is 0 Å². The van der Waals surface area contributed by atoms with Crippen molar-refractivity contribution in [3.05, 3.63) is 76.7 Å². The number of nitrogens with zero attached hydrogens (tertiary/aromatic N) is 1. The van der Waals surface area contributed by atoms with Gasteiger partial charge in [-0.05, 0) is 89.7 Å². The zero-order chi connectivity index (χ0) is 19.5. The summed E-state index contributed by atoms with van der Waals surface area (Å²) < 4.78 is 18.7. The molecular weight excluding hydrogens is 375 g/mol. The number of primary amides is 1. The van der Waals surface area contributed by atoms with Crippen LogP contribution in [0.2, 0.25) is 0 Å². The van der Waals surface area contributed by atoms with Gasteiger partial charge in [0.05, 0.1) is 0 Å². The molecule has 3 aromatic rings. The summed E-state index contributed by atoms with van der Waals surface area (Å²) in [7, 11) is 0. The van der Waals surface area contributed by atoms with Crippen LogP contribution in [-0.2, 0) is 11.2 Å². The molecule has 0 spiro atoms. The Kier molecular flexibility index (Phi) is 5.30. The first-order chi connectivity index (χ1) is 13.6. The second-order valence-corrected chi connectivity index (χ2v) is 7.84. The van der Waals surface area contributed by atoms with Gasteiger partial charge >= 0.3 is 0 Å². The van der Waals surface area contributed by atoms with Crippen LogP contribution in [0.3, 0.4) is 0 Å². The Labute approximate surface area is 167 Å². The highest BCUT2D eigenvalue weighted by Gasteiger charge is 2.35. The monoisotopic (exact) mass is 396 g/mol. The fraction of sp³-hybridized carbons (Fsp3) is 0.227. The molecule has 0 aliphatic carbocycles. The average molecular weight is 396 g/mol. The van der Waals surface area contributed by atoms with E-state index in [4.69, 9.17) is 10.5 Å². The second kappa shape index (κ2) is 8.02. The number of carbonyl (C=O) groups is 1. The van der Waals surface area contributed by atoms with Crippen LogP contribution in [0, 0.1) is 11.7 Å². The van der Waals surface area contributed by atoms with Crippen molar-refractivity contribution in [1.82, 2.24) is 0 Å². The third-order valence-electron chi connectivity index (χ3n) is 5.04. The molecule has 2 unspecified atom stereocenters. The molecule has 0 radical (unpaired) electrons. The Hall–Kier alpha value is -2.86. The van der Waals surface area contributed by atoms with Gasteiger partial charge in [-0.1, -0.05) is 0 Å². The molecule has 6 heteroatoms. The summed E-state index contributed by atoms with van der Waals surface area (Å²) in [5.41, 5.74) is 7.93. The van der Waals surface area contributed by atoms with E-state index in [-0.39, 0.29) is 17.8 Å². The molecule has 28 heavy (non-hydrogen) atoms. The van der Waals surface area contributed by atoms with Crippen LogP contribution in [0.4, 0.5) is 10.1 Å². The highest BCUT2D eigenvalue weighted by Crippen LogP contribution is 2.33. The van der Waals surface area contributed by atoms with E-state index in [0.717, 1.165) is 25.1 Å². The van der Waals surface area contributed by atoms with Crippen molar-refractivity contribution in [2.45, 2.75) is 18.9 Å². The number of thiophene rings is 1. The van der Waals surface area contributed by atoms with Gasteiger partial charge in [0.2, 0.25) is 5.91 Å². The highest BCUT2D eigenvalue weighted by molar-refractivity contribution is 7.07. The Morgan fingerprint density at radius 1 is 1.11 bits per heavy atom. The quantitative estimate of drug-likeness (QED) is 0.662. The predicted molar refractivity (Wildman–Crippen MR) is 109 cm³/mol. The second-order valence-electron chi connectivity index (χ2n) is 7.06. The molecular formula is C22H21FN2O2S. The van der Waals surface area contributed by atoms with Crippen molar-refractivity contribution in [2.75, 3.05) is 11.4 Å². The normalized spacial score (nSPS) is 19.0. The lowest BCUT2D eigenvalue weighted by Crippen LogP contribution is -2.40. The van der Waals surface area contributed by atoms with Crippen LogP contribution in [0.1, 0.15) is 12.0 Å². The lowest BCUT2D eigenvalue weighted by atomic mass is 9.98. The van der Waals surface area contributed by atoms with Crippen molar-refractivity contribution in [3.63, 3.8) is 0 Å². The van der Waals surface area contributed by atoms with Gasteiger partial charge in [-0.3, -0.25) is 4.79 Å². The Morgan fingerprint density at radius 2 is 1.79 bits per heavy atom. The van der Waals surface area contributed by atoms with Gasteiger partial charge in [0.1, 0.15) is 23.4 Å². The summed E-state index contributed by atoms with van der Waals surface area (Å²) in [5.74, 6) is 1.02. The van der Waals surface area contributed by atoms with Crippen LogP contribution < -0.4 is 15.4 Å². The summed E-state index contributed by atoms with van der Waals surface area (Å²) in [6, 6.07) is 15.3. The van der Waals surface area contributed by atoms with Crippen LogP contribution in [-0.4, -0.2) is 18.5 Å². The number of halogens is 1. The summed E-state index contributed by atoms with van der Waals surface area (Å²) in [6.07, 6.45) is 1.72. The number of nitrogens with two attached hydrogens (primary N) is 1. The molecule has 1 aliphatic rings. The van der Waals surface area contributed by atoms with Crippen molar-refractivity contribution in [2.24, 2.45) is 11.7 Å². The number of carbonyl (C=O) groups excluding carboxylic acids is 1. The molecule has 1 aromatic heterocycles. The number of hydrogen-bond donors (Lipinski definition) is 1. The number of rotatable bonds is 6. The maximum atomic E-state index is 13.0. The summed E-state index contributed by atoms with van der Waals surface area (Å²) in [4.78, 5) is 14.1. The van der Waals surface area contributed by atoms with Gasteiger partial charge in [-0.15, -0.1) is 0 Å². The third kappa shape index (κ3) is 4.17. The lowest BCUT2D eigenvalue weighted by molar-refractivity contribution is -0.119. The van der Waals surface area contributed by atoms with Gasteiger partial charge in [-0.25, -0.2) is 4.39 Å². The maximum absolute atomic E-state index is 13.0. The largest absolute Gasteiger partial charge is 0.457 e. The van der Waals surface area contributed by atoms with E-state index >= 15 is 0 Å². The van der Waals surface area contributed by atoms with Crippen molar-refractivity contribution >= 4 is 22.9 Å². The molecule has 2 N–H and O–H groups in total. The Balaban J connectivity index is 1.46. The Bertz CT molecular complexity index is 926. The summed E-state index contributed by atoms with van der Waals surface area (Å²) in [5, 5.41) is 4.23. The average Bonchev–Trinajstić information content (AvgIpc) is 3.35. The van der Waals surface area contributed by atoms with Gasteiger partial charge < -0.3 is 15.4 Å².